The van der Waals surface area contributed by atoms with Crippen LogP contribution in [0.25, 0.3) is 22.0 Å². The van der Waals surface area contributed by atoms with Crippen molar-refractivity contribution in [2.24, 2.45) is 0 Å². The molecule has 4 aromatic rings. The average Bonchev–Trinajstić information content (AvgIpc) is 2.85. The number of rotatable bonds is 4. The van der Waals surface area contributed by atoms with Crippen LogP contribution in [0.2, 0.25) is 0 Å². The summed E-state index contributed by atoms with van der Waals surface area (Å²) >= 11 is 0. The lowest BCUT2D eigenvalue weighted by Gasteiger charge is -2.29. The zero-order chi connectivity index (χ0) is 21.0. The van der Waals surface area contributed by atoms with Gasteiger partial charge in [-0.05, 0) is 59.7 Å². The molecule has 5 rings (SSSR count). The van der Waals surface area contributed by atoms with Gasteiger partial charge >= 0.3 is 0 Å². The predicted molar refractivity (Wildman–Crippen MR) is 127 cm³/mol. The number of nitrogens with zero attached hydrogens (tertiary/aromatic N) is 3. The van der Waals surface area contributed by atoms with E-state index in [-0.39, 0.29) is 0 Å². The van der Waals surface area contributed by atoms with E-state index in [1.807, 2.05) is 42.6 Å². The van der Waals surface area contributed by atoms with Crippen LogP contribution in [0.1, 0.15) is 5.56 Å². The van der Waals surface area contributed by atoms with Crippen molar-refractivity contribution in [3.63, 3.8) is 0 Å². The van der Waals surface area contributed by atoms with Crippen molar-refractivity contribution in [1.82, 2.24) is 10.3 Å². The Bertz CT molecular complexity index is 1250. The van der Waals surface area contributed by atoms with Gasteiger partial charge in [-0.25, -0.2) is 0 Å². The van der Waals surface area contributed by atoms with Crippen LogP contribution in [0.3, 0.4) is 0 Å². The highest BCUT2D eigenvalue weighted by molar-refractivity contribution is 5.95. The molecule has 0 unspecified atom stereocenters. The van der Waals surface area contributed by atoms with Crippen molar-refractivity contribution in [3.8, 4) is 17.2 Å². The minimum absolute atomic E-state index is 0.665. The van der Waals surface area contributed by atoms with Gasteiger partial charge in [-0.1, -0.05) is 24.3 Å². The predicted octanol–water partition coefficient (Wildman–Crippen LogP) is 4.93. The molecule has 0 atom stereocenters. The van der Waals surface area contributed by atoms with E-state index in [4.69, 9.17) is 5.26 Å². The molecule has 3 aromatic carbocycles. The monoisotopic (exact) mass is 405 g/mol. The van der Waals surface area contributed by atoms with E-state index in [2.05, 4.69) is 63.0 Å². The Morgan fingerprint density at radius 1 is 0.903 bits per heavy atom. The summed E-state index contributed by atoms with van der Waals surface area (Å²) in [7, 11) is 0. The van der Waals surface area contributed by atoms with E-state index in [1.54, 1.807) is 0 Å². The van der Waals surface area contributed by atoms with E-state index in [0.717, 1.165) is 59.6 Å². The van der Waals surface area contributed by atoms with Gasteiger partial charge in [0.05, 0.1) is 17.1 Å². The zero-order valence-corrected chi connectivity index (χ0v) is 17.2. The standard InChI is InChI=1S/C26H23N5/c27-18-19-4-6-20(7-5-19)21-8-9-25-24(16-21)26(10-11-29-25)30-22-2-1-3-23(17-22)31-14-12-28-13-15-31/h1-11,16-17,28H,12-15H2,(H,29,30). The lowest BCUT2D eigenvalue weighted by atomic mass is 10.0. The van der Waals surface area contributed by atoms with Gasteiger partial charge in [-0.15, -0.1) is 0 Å². The van der Waals surface area contributed by atoms with Gasteiger partial charge in [0.25, 0.3) is 0 Å². The molecule has 152 valence electrons. The van der Waals surface area contributed by atoms with Gasteiger partial charge in [-0.2, -0.15) is 5.26 Å². The molecule has 0 saturated carbocycles. The van der Waals surface area contributed by atoms with Crippen molar-refractivity contribution in [2.75, 3.05) is 36.4 Å². The molecule has 0 aliphatic carbocycles. The molecule has 1 aromatic heterocycles. The number of piperazine rings is 1. The van der Waals surface area contributed by atoms with Gasteiger partial charge in [-0.3, -0.25) is 4.98 Å². The van der Waals surface area contributed by atoms with Crippen LogP contribution in [0, 0.1) is 11.3 Å². The highest BCUT2D eigenvalue weighted by atomic mass is 15.2. The van der Waals surface area contributed by atoms with Crippen molar-refractivity contribution in [2.45, 2.75) is 0 Å². The van der Waals surface area contributed by atoms with Gasteiger partial charge in [0.1, 0.15) is 0 Å². The molecule has 1 fully saturated rings. The quantitative estimate of drug-likeness (QED) is 0.504. The maximum absolute atomic E-state index is 9.05. The summed E-state index contributed by atoms with van der Waals surface area (Å²) in [5, 5.41) is 17.1. The molecule has 2 heterocycles. The second-order valence-corrected chi connectivity index (χ2v) is 7.69. The largest absolute Gasteiger partial charge is 0.369 e. The van der Waals surface area contributed by atoms with Crippen LogP contribution in [0.4, 0.5) is 17.1 Å². The van der Waals surface area contributed by atoms with Crippen molar-refractivity contribution < 1.29 is 0 Å². The van der Waals surface area contributed by atoms with Crippen LogP contribution in [0.15, 0.2) is 79.0 Å². The first-order valence-electron chi connectivity index (χ1n) is 10.5. The summed E-state index contributed by atoms with van der Waals surface area (Å²) in [4.78, 5) is 6.95. The Kier molecular flexibility index (Phi) is 5.22. The second kappa shape index (κ2) is 8.47. The summed E-state index contributed by atoms with van der Waals surface area (Å²) in [6.45, 7) is 4.08. The second-order valence-electron chi connectivity index (χ2n) is 7.69. The molecule has 0 amide bonds. The number of nitriles is 1. The molecule has 1 saturated heterocycles. The van der Waals surface area contributed by atoms with Gasteiger partial charge in [0.2, 0.25) is 0 Å². The van der Waals surface area contributed by atoms with Gasteiger partial charge in [0, 0.05) is 54.8 Å². The Balaban J connectivity index is 1.47. The average molecular weight is 406 g/mol. The fourth-order valence-corrected chi connectivity index (χ4v) is 4.03. The zero-order valence-electron chi connectivity index (χ0n) is 17.2. The molecule has 0 spiro atoms. The van der Waals surface area contributed by atoms with E-state index in [1.165, 1.54) is 5.69 Å². The third-order valence-corrected chi connectivity index (χ3v) is 5.70. The molecule has 1 aliphatic rings. The maximum atomic E-state index is 9.05. The molecule has 2 N–H and O–H groups in total. The molecular weight excluding hydrogens is 382 g/mol. The molecule has 0 bridgehead atoms. The van der Waals surface area contributed by atoms with Crippen LogP contribution < -0.4 is 15.5 Å². The minimum Gasteiger partial charge on any atom is -0.369 e. The Labute approximate surface area is 182 Å². The Morgan fingerprint density at radius 2 is 1.71 bits per heavy atom. The fourth-order valence-electron chi connectivity index (χ4n) is 4.03. The normalized spacial score (nSPS) is 13.7. The van der Waals surface area contributed by atoms with Crippen molar-refractivity contribution >= 4 is 28.0 Å². The number of anilines is 3. The first kappa shape index (κ1) is 19.1. The third-order valence-electron chi connectivity index (χ3n) is 5.70. The number of fused-ring (bicyclic) bond motifs is 1. The van der Waals surface area contributed by atoms with Crippen LogP contribution in [0.5, 0.6) is 0 Å². The van der Waals surface area contributed by atoms with E-state index >= 15 is 0 Å². The van der Waals surface area contributed by atoms with Crippen LogP contribution in [-0.2, 0) is 0 Å². The van der Waals surface area contributed by atoms with E-state index in [9.17, 15) is 0 Å². The molecule has 31 heavy (non-hydrogen) atoms. The minimum atomic E-state index is 0.665. The number of benzene rings is 3. The summed E-state index contributed by atoms with van der Waals surface area (Å²) in [5.74, 6) is 0. The lowest BCUT2D eigenvalue weighted by molar-refractivity contribution is 0.589. The first-order valence-corrected chi connectivity index (χ1v) is 10.5. The summed E-state index contributed by atoms with van der Waals surface area (Å²) < 4.78 is 0. The number of hydrogen-bond acceptors (Lipinski definition) is 5. The van der Waals surface area contributed by atoms with Crippen molar-refractivity contribution in [1.29, 1.82) is 5.26 Å². The molecule has 1 aliphatic heterocycles. The number of hydrogen-bond donors (Lipinski definition) is 2. The molecular formula is C26H23N5. The fraction of sp³-hybridized carbons (Fsp3) is 0.154. The van der Waals surface area contributed by atoms with Crippen molar-refractivity contribution in [3.05, 3.63) is 84.6 Å². The van der Waals surface area contributed by atoms with E-state index < -0.39 is 0 Å². The molecule has 5 nitrogen and oxygen atoms in total. The molecule has 0 radical (unpaired) electrons. The Hall–Kier alpha value is -3.88. The maximum Gasteiger partial charge on any atom is 0.0991 e. The summed E-state index contributed by atoms with van der Waals surface area (Å²) in [6.07, 6.45) is 1.84. The topological polar surface area (TPSA) is 64.0 Å². The highest BCUT2D eigenvalue weighted by Gasteiger charge is 2.11. The highest BCUT2D eigenvalue weighted by Crippen LogP contribution is 2.31. The van der Waals surface area contributed by atoms with E-state index in [0.29, 0.717) is 5.56 Å². The lowest BCUT2D eigenvalue weighted by Crippen LogP contribution is -2.43. The van der Waals surface area contributed by atoms with Crippen LogP contribution >= 0.6 is 0 Å². The van der Waals surface area contributed by atoms with Crippen LogP contribution in [-0.4, -0.2) is 31.2 Å². The number of pyridine rings is 1. The molecule has 5 heteroatoms. The first-order chi connectivity index (χ1) is 15.3. The number of nitrogens with one attached hydrogen (secondary N) is 2. The SMILES string of the molecule is N#Cc1ccc(-c2ccc3nccc(Nc4cccc(N5CCNCC5)c4)c3c2)cc1. The summed E-state index contributed by atoms with van der Waals surface area (Å²) in [6, 6.07) is 26.7. The number of aromatic nitrogens is 1. The Morgan fingerprint density at radius 3 is 2.52 bits per heavy atom. The van der Waals surface area contributed by atoms with Gasteiger partial charge < -0.3 is 15.5 Å². The van der Waals surface area contributed by atoms with Gasteiger partial charge in [0.15, 0.2) is 0 Å². The summed E-state index contributed by atoms with van der Waals surface area (Å²) in [5.41, 5.74) is 7.12. The third kappa shape index (κ3) is 4.07. The smallest absolute Gasteiger partial charge is 0.0991 e.